The summed E-state index contributed by atoms with van der Waals surface area (Å²) >= 11 is 5.38. The van der Waals surface area contributed by atoms with Crippen LogP contribution in [0.25, 0.3) is 0 Å². The normalized spacial score (nSPS) is 11.5. The van der Waals surface area contributed by atoms with E-state index in [2.05, 4.69) is 0 Å². The molecule has 0 unspecified atom stereocenters. The molecule has 0 bridgehead atoms. The van der Waals surface area contributed by atoms with Crippen molar-refractivity contribution in [2.24, 2.45) is 0 Å². The van der Waals surface area contributed by atoms with Crippen LogP contribution in [-0.2, 0) is 10.1 Å². The molecule has 0 spiro atoms. The largest absolute Gasteiger partial charge is 0.506 e. The second-order valence-corrected chi connectivity index (χ2v) is 4.04. The third-order valence-electron chi connectivity index (χ3n) is 1.27. The Hall–Kier alpha value is -0.980. The number of phenolic OH excluding ortho intramolecular Hbond substituents is 2. The fraction of sp³-hybridized carbons (Fsp3) is 0. The summed E-state index contributed by atoms with van der Waals surface area (Å²) in [6.07, 6.45) is 0. The summed E-state index contributed by atoms with van der Waals surface area (Å²) in [6.45, 7) is 0. The van der Waals surface area contributed by atoms with Crippen LogP contribution in [-0.4, -0.2) is 23.2 Å². The molecule has 0 radical (unpaired) electrons. The maximum Gasteiger partial charge on any atom is 0.301 e. The highest BCUT2D eigenvalue weighted by atomic mass is 35.5. The average molecular weight is 225 g/mol. The van der Waals surface area contributed by atoms with Crippen LogP contribution < -0.4 is 0 Å². The predicted molar refractivity (Wildman–Crippen MR) is 44.6 cm³/mol. The molecule has 7 heteroatoms. The van der Waals surface area contributed by atoms with Gasteiger partial charge in [0, 0.05) is 17.2 Å². The minimum Gasteiger partial charge on any atom is -0.506 e. The number of hydrogen-bond acceptors (Lipinski definition) is 4. The Bertz CT molecular complexity index is 415. The maximum atomic E-state index is 10.6. The van der Waals surface area contributed by atoms with Gasteiger partial charge in [-0.2, -0.15) is 8.42 Å². The van der Waals surface area contributed by atoms with Gasteiger partial charge in [-0.05, 0) is 0 Å². The van der Waals surface area contributed by atoms with Crippen LogP contribution in [0.15, 0.2) is 17.0 Å². The van der Waals surface area contributed by atoms with Gasteiger partial charge in [0.1, 0.15) is 11.5 Å². The minimum atomic E-state index is -4.64. The zero-order chi connectivity index (χ0) is 10.2. The van der Waals surface area contributed by atoms with Crippen molar-refractivity contribution in [2.75, 3.05) is 0 Å². The molecule has 0 aromatic heterocycles. The average Bonchev–Trinajstić information content (AvgIpc) is 1.78. The SMILES string of the molecule is O=S(=O)(O)c1c(O)cc(Cl)cc1O. The zero-order valence-corrected chi connectivity index (χ0v) is 7.67. The molecule has 0 atom stereocenters. The van der Waals surface area contributed by atoms with Gasteiger partial charge in [-0.15, -0.1) is 0 Å². The van der Waals surface area contributed by atoms with Crippen LogP contribution in [0.3, 0.4) is 0 Å². The van der Waals surface area contributed by atoms with E-state index < -0.39 is 26.5 Å². The fourth-order valence-electron chi connectivity index (χ4n) is 0.829. The summed E-state index contributed by atoms with van der Waals surface area (Å²) < 4.78 is 29.7. The third kappa shape index (κ3) is 2.03. The number of halogens is 1. The van der Waals surface area contributed by atoms with Crippen LogP contribution in [0.2, 0.25) is 5.02 Å². The first-order valence-corrected chi connectivity index (χ1v) is 4.83. The molecule has 1 rings (SSSR count). The first-order chi connectivity index (χ1) is 5.82. The van der Waals surface area contributed by atoms with Gasteiger partial charge in [0.05, 0.1) is 0 Å². The van der Waals surface area contributed by atoms with Crippen LogP contribution >= 0.6 is 11.6 Å². The maximum absolute atomic E-state index is 10.6. The summed E-state index contributed by atoms with van der Waals surface area (Å²) in [4.78, 5) is -0.947. The van der Waals surface area contributed by atoms with E-state index in [0.717, 1.165) is 12.1 Å². The highest BCUT2D eigenvalue weighted by molar-refractivity contribution is 7.86. The molecule has 0 saturated heterocycles. The molecule has 0 aliphatic heterocycles. The molecule has 0 saturated carbocycles. The van der Waals surface area contributed by atoms with E-state index >= 15 is 0 Å². The quantitative estimate of drug-likeness (QED) is 0.619. The van der Waals surface area contributed by atoms with E-state index in [4.69, 9.17) is 26.4 Å². The Morgan fingerprint density at radius 1 is 1.15 bits per heavy atom. The van der Waals surface area contributed by atoms with Crippen molar-refractivity contribution >= 4 is 21.7 Å². The molecule has 3 N–H and O–H groups in total. The summed E-state index contributed by atoms with van der Waals surface area (Å²) in [7, 11) is -4.64. The Morgan fingerprint density at radius 2 is 1.54 bits per heavy atom. The lowest BCUT2D eigenvalue weighted by molar-refractivity contribution is 0.411. The van der Waals surface area contributed by atoms with E-state index in [9.17, 15) is 8.42 Å². The molecule has 0 amide bonds. The van der Waals surface area contributed by atoms with Crippen LogP contribution in [0.4, 0.5) is 0 Å². The number of benzene rings is 1. The van der Waals surface area contributed by atoms with Gasteiger partial charge in [0.25, 0.3) is 0 Å². The Kier molecular flexibility index (Phi) is 2.38. The lowest BCUT2D eigenvalue weighted by Gasteiger charge is -2.03. The molecule has 72 valence electrons. The van der Waals surface area contributed by atoms with Gasteiger partial charge in [-0.25, -0.2) is 0 Å². The van der Waals surface area contributed by atoms with Crippen molar-refractivity contribution in [3.05, 3.63) is 17.2 Å². The van der Waals surface area contributed by atoms with Gasteiger partial charge < -0.3 is 10.2 Å². The summed E-state index contributed by atoms with van der Waals surface area (Å²) in [5.74, 6) is -1.60. The highest BCUT2D eigenvalue weighted by Gasteiger charge is 2.21. The highest BCUT2D eigenvalue weighted by Crippen LogP contribution is 2.34. The number of phenols is 2. The van der Waals surface area contributed by atoms with Crippen molar-refractivity contribution in [3.8, 4) is 11.5 Å². The van der Waals surface area contributed by atoms with Gasteiger partial charge >= 0.3 is 10.1 Å². The lowest BCUT2D eigenvalue weighted by atomic mass is 10.3. The van der Waals surface area contributed by atoms with Crippen molar-refractivity contribution in [3.63, 3.8) is 0 Å². The number of rotatable bonds is 1. The molecule has 1 aromatic rings. The first kappa shape index (κ1) is 10.1. The van der Waals surface area contributed by atoms with E-state index in [1.54, 1.807) is 0 Å². The monoisotopic (exact) mass is 224 g/mol. The van der Waals surface area contributed by atoms with E-state index in [-0.39, 0.29) is 5.02 Å². The molecule has 0 aliphatic carbocycles. The second kappa shape index (κ2) is 3.06. The van der Waals surface area contributed by atoms with Crippen LogP contribution in [0, 0.1) is 0 Å². The first-order valence-electron chi connectivity index (χ1n) is 3.01. The summed E-state index contributed by atoms with van der Waals surface area (Å²) in [5.41, 5.74) is 0. The number of aromatic hydroxyl groups is 2. The Labute approximate surface area is 79.0 Å². The molecular weight excluding hydrogens is 220 g/mol. The molecule has 5 nitrogen and oxygen atoms in total. The molecule has 0 heterocycles. The molecule has 0 fully saturated rings. The van der Waals surface area contributed by atoms with E-state index in [1.807, 2.05) is 0 Å². The number of hydrogen-bond donors (Lipinski definition) is 3. The smallest absolute Gasteiger partial charge is 0.301 e. The summed E-state index contributed by atoms with van der Waals surface area (Å²) in [6, 6.07) is 1.79. The standard InChI is InChI=1S/C6H5ClO5S/c7-3-1-4(8)6(5(9)2-3)13(10,11)12/h1-2,8-9H,(H,10,11,12). The molecule has 1 aromatic carbocycles. The molecule has 0 aliphatic rings. The zero-order valence-electron chi connectivity index (χ0n) is 6.10. The van der Waals surface area contributed by atoms with Crippen molar-refractivity contribution < 1.29 is 23.2 Å². The van der Waals surface area contributed by atoms with Crippen molar-refractivity contribution in [2.45, 2.75) is 4.90 Å². The Morgan fingerprint density at radius 3 is 1.85 bits per heavy atom. The third-order valence-corrected chi connectivity index (χ3v) is 2.42. The molecule has 13 heavy (non-hydrogen) atoms. The predicted octanol–water partition coefficient (Wildman–Crippen LogP) is 0.998. The van der Waals surface area contributed by atoms with Crippen molar-refractivity contribution in [1.82, 2.24) is 0 Å². The van der Waals surface area contributed by atoms with Crippen LogP contribution in [0.1, 0.15) is 0 Å². The lowest BCUT2D eigenvalue weighted by Crippen LogP contribution is -1.98. The van der Waals surface area contributed by atoms with Gasteiger partial charge in [0.2, 0.25) is 0 Å². The fourth-order valence-corrected chi connectivity index (χ4v) is 1.68. The van der Waals surface area contributed by atoms with E-state index in [1.165, 1.54) is 0 Å². The topological polar surface area (TPSA) is 94.8 Å². The summed E-state index contributed by atoms with van der Waals surface area (Å²) in [5, 5.41) is 18.0. The molecular formula is C6H5ClO5S. The van der Waals surface area contributed by atoms with Crippen LogP contribution in [0.5, 0.6) is 11.5 Å². The van der Waals surface area contributed by atoms with Gasteiger partial charge in [-0.1, -0.05) is 11.6 Å². The van der Waals surface area contributed by atoms with Gasteiger partial charge in [-0.3, -0.25) is 4.55 Å². The minimum absolute atomic E-state index is 0.0394. The van der Waals surface area contributed by atoms with Gasteiger partial charge in [0.15, 0.2) is 4.90 Å². The van der Waals surface area contributed by atoms with Crippen molar-refractivity contribution in [1.29, 1.82) is 0 Å². The van der Waals surface area contributed by atoms with E-state index in [0.29, 0.717) is 0 Å². The second-order valence-electron chi connectivity index (χ2n) is 2.25. The Balaban J connectivity index is 3.57.